The number of nitro groups is 1. The average molecular weight is 346 g/mol. The normalized spacial score (nSPS) is 13.6. The van der Waals surface area contributed by atoms with E-state index in [1.54, 1.807) is 12.1 Å². The number of rotatable bonds is 10. The van der Waals surface area contributed by atoms with Crippen LogP contribution in [0.4, 0.5) is 5.69 Å². The second kappa shape index (κ2) is 9.55. The third-order valence-corrected chi connectivity index (χ3v) is 5.28. The molecule has 2 rings (SSSR count). The molecule has 2 unspecified atom stereocenters. The van der Waals surface area contributed by atoms with Gasteiger partial charge in [-0.3, -0.25) is 10.1 Å². The Hall–Kier alpha value is -1.72. The molecule has 4 nitrogen and oxygen atoms in total. The van der Waals surface area contributed by atoms with Gasteiger partial charge in [0.2, 0.25) is 0 Å². The number of hydrogen-bond donors (Lipinski definition) is 1. The minimum Gasteiger partial charge on any atom is -0.314 e. The van der Waals surface area contributed by atoms with Gasteiger partial charge in [0, 0.05) is 23.1 Å². The molecule has 0 aliphatic heterocycles. The van der Waals surface area contributed by atoms with Crippen LogP contribution in [0.15, 0.2) is 41.8 Å². The maximum Gasteiger partial charge on any atom is 0.269 e. The SMILES string of the molecule is CCC(CCCNC(C)Cc1cccs1)c1ccc([N+](=O)[O-])cc1. The maximum absolute atomic E-state index is 10.7. The molecule has 24 heavy (non-hydrogen) atoms. The maximum atomic E-state index is 10.7. The van der Waals surface area contributed by atoms with Crippen molar-refractivity contribution in [2.75, 3.05) is 6.54 Å². The van der Waals surface area contributed by atoms with E-state index in [2.05, 4.69) is 36.7 Å². The molecule has 0 bridgehead atoms. The van der Waals surface area contributed by atoms with Crippen LogP contribution in [0.2, 0.25) is 0 Å². The molecular formula is C19H26N2O2S. The van der Waals surface area contributed by atoms with Gasteiger partial charge in [-0.05, 0) is 62.1 Å². The first-order valence-electron chi connectivity index (χ1n) is 8.60. The molecule has 1 aromatic heterocycles. The molecule has 1 N–H and O–H groups in total. The summed E-state index contributed by atoms with van der Waals surface area (Å²) in [7, 11) is 0. The summed E-state index contributed by atoms with van der Waals surface area (Å²) in [5, 5.41) is 16.5. The Labute approximate surface area is 148 Å². The van der Waals surface area contributed by atoms with E-state index in [0.29, 0.717) is 12.0 Å². The lowest BCUT2D eigenvalue weighted by Gasteiger charge is -2.17. The van der Waals surface area contributed by atoms with E-state index >= 15 is 0 Å². The standard InChI is InChI=1S/C19H26N2O2S/c1-3-16(17-8-10-18(11-9-17)21(22)23)6-4-12-20-15(2)14-19-7-5-13-24-19/h5,7-11,13,15-16,20H,3-4,6,12,14H2,1-2H3. The van der Waals surface area contributed by atoms with Crippen molar-refractivity contribution in [3.8, 4) is 0 Å². The Morgan fingerprint density at radius 3 is 2.58 bits per heavy atom. The van der Waals surface area contributed by atoms with E-state index in [9.17, 15) is 10.1 Å². The van der Waals surface area contributed by atoms with E-state index in [4.69, 9.17) is 0 Å². The summed E-state index contributed by atoms with van der Waals surface area (Å²) in [6, 6.07) is 11.8. The summed E-state index contributed by atoms with van der Waals surface area (Å²) in [5.74, 6) is 0.472. The fourth-order valence-corrected chi connectivity index (χ4v) is 3.81. The first kappa shape index (κ1) is 18.6. The van der Waals surface area contributed by atoms with Gasteiger partial charge in [0.25, 0.3) is 5.69 Å². The molecule has 0 saturated heterocycles. The smallest absolute Gasteiger partial charge is 0.269 e. The topological polar surface area (TPSA) is 55.2 Å². The molecule has 0 fully saturated rings. The van der Waals surface area contributed by atoms with Crippen molar-refractivity contribution in [3.05, 3.63) is 62.3 Å². The molecule has 2 atom stereocenters. The van der Waals surface area contributed by atoms with Crippen molar-refractivity contribution < 1.29 is 4.92 Å². The Bertz CT molecular complexity index is 611. The van der Waals surface area contributed by atoms with Crippen LogP contribution in [0.3, 0.4) is 0 Å². The van der Waals surface area contributed by atoms with E-state index < -0.39 is 0 Å². The van der Waals surface area contributed by atoms with Crippen molar-refractivity contribution in [2.24, 2.45) is 0 Å². The van der Waals surface area contributed by atoms with E-state index in [1.165, 1.54) is 10.4 Å². The summed E-state index contributed by atoms with van der Waals surface area (Å²) in [4.78, 5) is 11.8. The summed E-state index contributed by atoms with van der Waals surface area (Å²) >= 11 is 1.81. The van der Waals surface area contributed by atoms with Crippen molar-refractivity contribution in [1.82, 2.24) is 5.32 Å². The lowest BCUT2D eigenvalue weighted by molar-refractivity contribution is -0.384. The molecule has 0 aliphatic carbocycles. The highest BCUT2D eigenvalue weighted by molar-refractivity contribution is 7.09. The molecule has 0 amide bonds. The number of thiophene rings is 1. The van der Waals surface area contributed by atoms with Crippen molar-refractivity contribution >= 4 is 17.0 Å². The number of hydrogen-bond acceptors (Lipinski definition) is 4. The van der Waals surface area contributed by atoms with Gasteiger partial charge in [-0.2, -0.15) is 0 Å². The minimum absolute atomic E-state index is 0.165. The highest BCUT2D eigenvalue weighted by atomic mass is 32.1. The molecule has 2 aromatic rings. The average Bonchev–Trinajstić information content (AvgIpc) is 3.08. The number of nitrogens with zero attached hydrogens (tertiary/aromatic N) is 1. The predicted octanol–water partition coefficient (Wildman–Crippen LogP) is 5.15. The zero-order chi connectivity index (χ0) is 17.4. The monoisotopic (exact) mass is 346 g/mol. The molecule has 130 valence electrons. The Morgan fingerprint density at radius 2 is 2.00 bits per heavy atom. The first-order chi connectivity index (χ1) is 11.6. The quantitative estimate of drug-likeness (QED) is 0.368. The van der Waals surface area contributed by atoms with Crippen LogP contribution in [0, 0.1) is 10.1 Å². The van der Waals surface area contributed by atoms with E-state index in [1.807, 2.05) is 23.5 Å². The number of nitrogens with one attached hydrogen (secondary N) is 1. The Kier molecular flexibility index (Phi) is 7.40. The second-order valence-corrected chi connectivity index (χ2v) is 7.27. The fourth-order valence-electron chi connectivity index (χ4n) is 2.97. The lowest BCUT2D eigenvalue weighted by atomic mass is 9.92. The zero-order valence-corrected chi connectivity index (χ0v) is 15.2. The van der Waals surface area contributed by atoms with Gasteiger partial charge in [0.05, 0.1) is 4.92 Å². The minimum atomic E-state index is -0.344. The van der Waals surface area contributed by atoms with Gasteiger partial charge >= 0.3 is 0 Å². The summed E-state index contributed by atoms with van der Waals surface area (Å²) in [6.45, 7) is 5.42. The molecule has 0 saturated carbocycles. The third kappa shape index (κ3) is 5.73. The van der Waals surface area contributed by atoms with Gasteiger partial charge in [-0.15, -0.1) is 11.3 Å². The summed E-state index contributed by atoms with van der Waals surface area (Å²) in [5.41, 5.74) is 1.37. The van der Waals surface area contributed by atoms with Crippen LogP contribution in [0.1, 0.15) is 49.5 Å². The highest BCUT2D eigenvalue weighted by Crippen LogP contribution is 2.26. The Morgan fingerprint density at radius 1 is 1.25 bits per heavy atom. The van der Waals surface area contributed by atoms with Crippen LogP contribution >= 0.6 is 11.3 Å². The first-order valence-corrected chi connectivity index (χ1v) is 9.48. The van der Waals surface area contributed by atoms with E-state index in [0.717, 1.165) is 32.2 Å². The molecule has 0 radical (unpaired) electrons. The highest BCUT2D eigenvalue weighted by Gasteiger charge is 2.12. The van der Waals surface area contributed by atoms with Gasteiger partial charge in [0.1, 0.15) is 0 Å². The molecule has 1 heterocycles. The van der Waals surface area contributed by atoms with E-state index in [-0.39, 0.29) is 10.6 Å². The molecular weight excluding hydrogens is 320 g/mol. The Balaban J connectivity index is 1.73. The van der Waals surface area contributed by atoms with Gasteiger partial charge in [-0.1, -0.05) is 25.1 Å². The summed E-state index contributed by atoms with van der Waals surface area (Å²) < 4.78 is 0. The second-order valence-electron chi connectivity index (χ2n) is 6.23. The number of non-ortho nitro benzene ring substituents is 1. The van der Waals surface area contributed by atoms with Crippen LogP contribution in [0.5, 0.6) is 0 Å². The van der Waals surface area contributed by atoms with Crippen LogP contribution in [-0.4, -0.2) is 17.5 Å². The van der Waals surface area contributed by atoms with Crippen LogP contribution in [-0.2, 0) is 6.42 Å². The number of nitro benzene ring substituents is 1. The molecule has 1 aromatic carbocycles. The predicted molar refractivity (Wildman–Crippen MR) is 101 cm³/mol. The van der Waals surface area contributed by atoms with Crippen molar-refractivity contribution in [1.29, 1.82) is 0 Å². The van der Waals surface area contributed by atoms with Gasteiger partial charge in [-0.25, -0.2) is 0 Å². The van der Waals surface area contributed by atoms with Crippen molar-refractivity contribution in [3.63, 3.8) is 0 Å². The molecule has 0 aliphatic rings. The van der Waals surface area contributed by atoms with Crippen molar-refractivity contribution in [2.45, 2.75) is 51.5 Å². The molecule has 5 heteroatoms. The largest absolute Gasteiger partial charge is 0.314 e. The number of benzene rings is 1. The van der Waals surface area contributed by atoms with Gasteiger partial charge in [0.15, 0.2) is 0 Å². The third-order valence-electron chi connectivity index (χ3n) is 4.38. The summed E-state index contributed by atoms with van der Waals surface area (Å²) in [6.07, 6.45) is 4.36. The van der Waals surface area contributed by atoms with Crippen LogP contribution in [0.25, 0.3) is 0 Å². The fraction of sp³-hybridized carbons (Fsp3) is 0.474. The van der Waals surface area contributed by atoms with Gasteiger partial charge < -0.3 is 5.32 Å². The van der Waals surface area contributed by atoms with Crippen LogP contribution < -0.4 is 5.32 Å². The zero-order valence-electron chi connectivity index (χ0n) is 14.4. The molecule has 0 spiro atoms. The lowest BCUT2D eigenvalue weighted by Crippen LogP contribution is -2.28.